The van der Waals surface area contributed by atoms with Gasteiger partial charge in [-0.1, -0.05) is 25.7 Å². The van der Waals surface area contributed by atoms with Crippen molar-refractivity contribution in [2.45, 2.75) is 32.1 Å². The lowest BCUT2D eigenvalue weighted by molar-refractivity contribution is 0.575. The standard InChI is InChI=1S/C8H15N3S/c9-7(12-8(10)11)5-6-3-1-2-4-6/h6,9H,1-5H2,(H3,10,11). The van der Waals surface area contributed by atoms with Gasteiger partial charge in [0.05, 0.1) is 5.04 Å². The van der Waals surface area contributed by atoms with Crippen molar-refractivity contribution in [1.82, 2.24) is 0 Å². The van der Waals surface area contributed by atoms with E-state index in [-0.39, 0.29) is 5.17 Å². The average molecular weight is 185 g/mol. The fraction of sp³-hybridized carbons (Fsp3) is 0.750. The molecule has 0 aromatic heterocycles. The lowest BCUT2D eigenvalue weighted by Crippen LogP contribution is -2.09. The molecule has 0 amide bonds. The van der Waals surface area contributed by atoms with Gasteiger partial charge in [0.1, 0.15) is 0 Å². The summed E-state index contributed by atoms with van der Waals surface area (Å²) in [5.74, 6) is 0.685. The highest BCUT2D eigenvalue weighted by Gasteiger charge is 2.17. The molecule has 1 rings (SSSR count). The molecule has 1 aliphatic rings. The van der Waals surface area contributed by atoms with E-state index in [1.165, 1.54) is 25.7 Å². The Morgan fingerprint density at radius 1 is 1.33 bits per heavy atom. The zero-order valence-electron chi connectivity index (χ0n) is 7.10. The summed E-state index contributed by atoms with van der Waals surface area (Å²) in [5, 5.41) is 15.1. The van der Waals surface area contributed by atoms with Crippen LogP contribution in [-0.4, -0.2) is 10.2 Å². The summed E-state index contributed by atoms with van der Waals surface area (Å²) in [4.78, 5) is 0. The van der Waals surface area contributed by atoms with Crippen LogP contribution in [0.3, 0.4) is 0 Å². The van der Waals surface area contributed by atoms with Crippen molar-refractivity contribution in [2.75, 3.05) is 0 Å². The Labute approximate surface area is 77.1 Å². The molecule has 4 N–H and O–H groups in total. The minimum atomic E-state index is 0.0398. The second-order valence-corrected chi connectivity index (χ2v) is 4.38. The zero-order valence-corrected chi connectivity index (χ0v) is 7.91. The molecule has 0 aromatic carbocycles. The van der Waals surface area contributed by atoms with E-state index < -0.39 is 0 Å². The number of hydrogen-bond acceptors (Lipinski definition) is 3. The first-order chi connectivity index (χ1) is 5.68. The number of nitrogens with two attached hydrogens (primary N) is 1. The van der Waals surface area contributed by atoms with Gasteiger partial charge in [0, 0.05) is 0 Å². The quantitative estimate of drug-likeness (QED) is 0.455. The van der Waals surface area contributed by atoms with Gasteiger partial charge in [-0.05, 0) is 24.1 Å². The fourth-order valence-corrected chi connectivity index (χ4v) is 2.24. The van der Waals surface area contributed by atoms with Crippen molar-refractivity contribution in [2.24, 2.45) is 11.7 Å². The maximum absolute atomic E-state index is 7.53. The number of hydrogen-bond donors (Lipinski definition) is 3. The van der Waals surface area contributed by atoms with Gasteiger partial charge in [0.2, 0.25) is 0 Å². The predicted molar refractivity (Wildman–Crippen MR) is 53.8 cm³/mol. The van der Waals surface area contributed by atoms with Gasteiger partial charge in [-0.25, -0.2) is 0 Å². The minimum absolute atomic E-state index is 0.0398. The summed E-state index contributed by atoms with van der Waals surface area (Å²) >= 11 is 1.09. The number of amidine groups is 1. The van der Waals surface area contributed by atoms with Crippen molar-refractivity contribution < 1.29 is 0 Å². The lowest BCUT2D eigenvalue weighted by atomic mass is 10.1. The van der Waals surface area contributed by atoms with Crippen molar-refractivity contribution in [3.63, 3.8) is 0 Å². The highest BCUT2D eigenvalue weighted by atomic mass is 32.2. The normalized spacial score (nSPS) is 18.0. The molecule has 0 saturated heterocycles. The Bertz CT molecular complexity index is 185. The third kappa shape index (κ3) is 3.26. The van der Waals surface area contributed by atoms with E-state index in [4.69, 9.17) is 16.6 Å². The van der Waals surface area contributed by atoms with Crippen LogP contribution in [0.15, 0.2) is 0 Å². The van der Waals surface area contributed by atoms with E-state index in [1.54, 1.807) is 0 Å². The van der Waals surface area contributed by atoms with E-state index in [1.807, 2.05) is 0 Å². The molecule has 0 bridgehead atoms. The summed E-state index contributed by atoms with van der Waals surface area (Å²) in [5.41, 5.74) is 5.17. The SMILES string of the molecule is N=C(N)SC(=N)CC1CCCC1. The third-order valence-electron chi connectivity index (χ3n) is 2.18. The molecular weight excluding hydrogens is 170 g/mol. The van der Waals surface area contributed by atoms with Gasteiger partial charge < -0.3 is 5.73 Å². The average Bonchev–Trinajstić information content (AvgIpc) is 2.37. The molecule has 4 heteroatoms. The first kappa shape index (κ1) is 9.58. The topological polar surface area (TPSA) is 73.7 Å². The van der Waals surface area contributed by atoms with Gasteiger partial charge in [-0.15, -0.1) is 0 Å². The van der Waals surface area contributed by atoms with Crippen LogP contribution in [0.5, 0.6) is 0 Å². The smallest absolute Gasteiger partial charge is 0.157 e. The van der Waals surface area contributed by atoms with Crippen LogP contribution in [0, 0.1) is 16.7 Å². The van der Waals surface area contributed by atoms with E-state index in [2.05, 4.69) is 0 Å². The second-order valence-electron chi connectivity index (χ2n) is 3.24. The molecule has 0 radical (unpaired) electrons. The van der Waals surface area contributed by atoms with Crippen molar-refractivity contribution in [3.8, 4) is 0 Å². The fourth-order valence-electron chi connectivity index (χ4n) is 1.65. The summed E-state index contributed by atoms with van der Waals surface area (Å²) in [6, 6.07) is 0. The van der Waals surface area contributed by atoms with E-state index >= 15 is 0 Å². The number of rotatable bonds is 2. The summed E-state index contributed by atoms with van der Waals surface area (Å²) in [7, 11) is 0. The number of thioether (sulfide) groups is 1. The molecule has 0 spiro atoms. The van der Waals surface area contributed by atoms with Gasteiger partial charge in [0.15, 0.2) is 5.17 Å². The lowest BCUT2D eigenvalue weighted by Gasteiger charge is -2.07. The van der Waals surface area contributed by atoms with Crippen LogP contribution in [0.1, 0.15) is 32.1 Å². The van der Waals surface area contributed by atoms with Crippen molar-refractivity contribution in [3.05, 3.63) is 0 Å². The van der Waals surface area contributed by atoms with Crippen LogP contribution in [0.4, 0.5) is 0 Å². The summed E-state index contributed by atoms with van der Waals surface area (Å²) in [6.45, 7) is 0. The maximum Gasteiger partial charge on any atom is 0.157 e. The molecule has 1 fully saturated rings. The van der Waals surface area contributed by atoms with Crippen LogP contribution < -0.4 is 5.73 Å². The Morgan fingerprint density at radius 3 is 2.42 bits per heavy atom. The molecule has 1 aliphatic carbocycles. The zero-order chi connectivity index (χ0) is 8.97. The van der Waals surface area contributed by atoms with Crippen molar-refractivity contribution >= 4 is 22.0 Å². The Morgan fingerprint density at radius 2 is 1.92 bits per heavy atom. The largest absolute Gasteiger partial charge is 0.378 e. The van der Waals surface area contributed by atoms with Crippen LogP contribution >= 0.6 is 11.8 Å². The highest BCUT2D eigenvalue weighted by molar-refractivity contribution is 8.26. The second kappa shape index (κ2) is 4.50. The van der Waals surface area contributed by atoms with Gasteiger partial charge in [-0.2, -0.15) is 0 Å². The van der Waals surface area contributed by atoms with E-state index in [0.717, 1.165) is 18.2 Å². The van der Waals surface area contributed by atoms with Crippen LogP contribution in [0.2, 0.25) is 0 Å². The molecule has 0 atom stereocenters. The van der Waals surface area contributed by atoms with Gasteiger partial charge in [-0.3, -0.25) is 10.8 Å². The first-order valence-electron chi connectivity index (χ1n) is 4.28. The molecule has 0 unspecified atom stereocenters. The maximum atomic E-state index is 7.53. The number of nitrogens with one attached hydrogen (secondary N) is 2. The van der Waals surface area contributed by atoms with Crippen molar-refractivity contribution in [1.29, 1.82) is 10.8 Å². The molecule has 0 aromatic rings. The highest BCUT2D eigenvalue weighted by Crippen LogP contribution is 2.29. The Kier molecular flexibility index (Phi) is 3.59. The first-order valence-corrected chi connectivity index (χ1v) is 5.09. The molecule has 12 heavy (non-hydrogen) atoms. The Hall–Kier alpha value is -0.510. The van der Waals surface area contributed by atoms with Gasteiger partial charge in [0.25, 0.3) is 0 Å². The molecule has 0 heterocycles. The summed E-state index contributed by atoms with van der Waals surface area (Å²) in [6.07, 6.45) is 5.94. The monoisotopic (exact) mass is 185 g/mol. The molecular formula is C8H15N3S. The Balaban J connectivity index is 2.20. The molecule has 1 saturated carbocycles. The minimum Gasteiger partial charge on any atom is -0.378 e. The third-order valence-corrected chi connectivity index (χ3v) is 2.81. The molecule has 3 nitrogen and oxygen atoms in total. The van der Waals surface area contributed by atoms with E-state index in [9.17, 15) is 0 Å². The van der Waals surface area contributed by atoms with Crippen LogP contribution in [0.25, 0.3) is 0 Å². The molecule has 68 valence electrons. The van der Waals surface area contributed by atoms with Gasteiger partial charge >= 0.3 is 0 Å². The van der Waals surface area contributed by atoms with Crippen LogP contribution in [-0.2, 0) is 0 Å². The molecule has 0 aliphatic heterocycles. The van der Waals surface area contributed by atoms with E-state index in [0.29, 0.717) is 11.0 Å². The summed E-state index contributed by atoms with van der Waals surface area (Å²) < 4.78 is 0. The predicted octanol–water partition coefficient (Wildman–Crippen LogP) is 2.17.